The molecule has 0 saturated heterocycles. The molecule has 100 valence electrons. The Hall–Kier alpha value is -1.74. The Balaban J connectivity index is 2.25. The molecule has 0 fully saturated rings. The van der Waals surface area contributed by atoms with E-state index in [1.54, 1.807) is 0 Å². The van der Waals surface area contributed by atoms with E-state index < -0.39 is 17.4 Å². The van der Waals surface area contributed by atoms with Gasteiger partial charge in [0.25, 0.3) is 5.91 Å². The van der Waals surface area contributed by atoms with E-state index in [9.17, 15) is 14.0 Å². The Kier molecular flexibility index (Phi) is 3.96. The van der Waals surface area contributed by atoms with Gasteiger partial charge in [-0.25, -0.2) is 9.18 Å². The number of nitrogens with one attached hydrogen (secondary N) is 2. The summed E-state index contributed by atoms with van der Waals surface area (Å²) in [5.74, 6) is -1.21. The van der Waals surface area contributed by atoms with Crippen LogP contribution >= 0.6 is 27.3 Å². The molecule has 2 N–H and O–H groups in total. The predicted molar refractivity (Wildman–Crippen MR) is 71.3 cm³/mol. The highest BCUT2D eigenvalue weighted by molar-refractivity contribution is 9.11. The summed E-state index contributed by atoms with van der Waals surface area (Å²) in [6, 6.07) is 1.50. The standard InChI is InChI=1S/C10H7BrFN3O3S/c1-18-5-2-6(19-7(5)11)9(16)14-8-4(12)3-13-10(17)15-8/h2-3H,1H3,(H2,13,14,15,16,17). The van der Waals surface area contributed by atoms with Crippen molar-refractivity contribution < 1.29 is 13.9 Å². The number of nitrogens with zero attached hydrogens (tertiary/aromatic N) is 1. The Morgan fingerprint density at radius 2 is 2.37 bits per heavy atom. The fraction of sp³-hybridized carbons (Fsp3) is 0.100. The summed E-state index contributed by atoms with van der Waals surface area (Å²) in [6.45, 7) is 0. The molecule has 19 heavy (non-hydrogen) atoms. The van der Waals surface area contributed by atoms with Crippen LogP contribution in [0, 0.1) is 5.82 Å². The highest BCUT2D eigenvalue weighted by atomic mass is 79.9. The van der Waals surface area contributed by atoms with E-state index in [0.717, 1.165) is 17.5 Å². The molecule has 0 aliphatic heterocycles. The van der Waals surface area contributed by atoms with E-state index in [0.29, 0.717) is 14.4 Å². The summed E-state index contributed by atoms with van der Waals surface area (Å²) in [5, 5.41) is 2.26. The molecule has 9 heteroatoms. The van der Waals surface area contributed by atoms with E-state index in [1.807, 2.05) is 0 Å². The molecule has 2 heterocycles. The summed E-state index contributed by atoms with van der Waals surface area (Å²) in [4.78, 5) is 28.4. The second-order valence-corrected chi connectivity index (χ2v) is 5.69. The van der Waals surface area contributed by atoms with Crippen molar-refractivity contribution in [2.45, 2.75) is 0 Å². The van der Waals surface area contributed by atoms with Gasteiger partial charge in [-0.2, -0.15) is 4.98 Å². The Labute approximate surface area is 118 Å². The lowest BCUT2D eigenvalue weighted by molar-refractivity contribution is 0.102. The molecule has 2 aromatic rings. The summed E-state index contributed by atoms with van der Waals surface area (Å²) in [6.07, 6.45) is 0.735. The number of ether oxygens (including phenoxy) is 1. The fourth-order valence-corrected chi connectivity index (χ4v) is 2.79. The zero-order valence-corrected chi connectivity index (χ0v) is 11.9. The molecule has 0 spiro atoms. The lowest BCUT2D eigenvalue weighted by Gasteiger charge is -2.03. The van der Waals surface area contributed by atoms with Crippen LogP contribution in [0.1, 0.15) is 9.67 Å². The number of rotatable bonds is 3. The summed E-state index contributed by atoms with van der Waals surface area (Å²) in [5.41, 5.74) is -0.748. The average molecular weight is 348 g/mol. The lowest BCUT2D eigenvalue weighted by atomic mass is 10.4. The van der Waals surface area contributed by atoms with Crippen LogP contribution in [0.5, 0.6) is 5.75 Å². The van der Waals surface area contributed by atoms with Crippen LogP contribution in [0.15, 0.2) is 20.8 Å². The van der Waals surface area contributed by atoms with Gasteiger partial charge in [-0.05, 0) is 15.9 Å². The third-order valence-electron chi connectivity index (χ3n) is 2.10. The van der Waals surface area contributed by atoms with Gasteiger partial charge in [0.1, 0.15) is 9.54 Å². The molecule has 0 aliphatic rings. The minimum atomic E-state index is -0.824. The number of hydrogen-bond donors (Lipinski definition) is 2. The number of halogens is 2. The monoisotopic (exact) mass is 347 g/mol. The van der Waals surface area contributed by atoms with Crippen LogP contribution in [-0.4, -0.2) is 23.0 Å². The molecule has 0 aliphatic carbocycles. The molecule has 0 atom stereocenters. The Morgan fingerprint density at radius 3 is 3.00 bits per heavy atom. The van der Waals surface area contributed by atoms with Crippen LogP contribution < -0.4 is 15.7 Å². The van der Waals surface area contributed by atoms with Gasteiger partial charge >= 0.3 is 5.69 Å². The quantitative estimate of drug-likeness (QED) is 0.889. The van der Waals surface area contributed by atoms with Gasteiger partial charge in [-0.3, -0.25) is 9.78 Å². The van der Waals surface area contributed by atoms with Gasteiger partial charge in [0, 0.05) is 6.07 Å². The van der Waals surface area contributed by atoms with Crippen molar-refractivity contribution in [2.75, 3.05) is 12.4 Å². The van der Waals surface area contributed by atoms with Gasteiger partial charge in [0.2, 0.25) is 0 Å². The molecular formula is C10H7BrFN3O3S. The van der Waals surface area contributed by atoms with Crippen LogP contribution in [-0.2, 0) is 0 Å². The topological polar surface area (TPSA) is 84.1 Å². The molecule has 0 saturated carbocycles. The fourth-order valence-electron chi connectivity index (χ4n) is 1.25. The second kappa shape index (κ2) is 5.49. The zero-order chi connectivity index (χ0) is 14.0. The number of anilines is 1. The highest BCUT2D eigenvalue weighted by Gasteiger charge is 2.16. The molecule has 0 unspecified atom stereocenters. The van der Waals surface area contributed by atoms with Crippen molar-refractivity contribution in [3.63, 3.8) is 0 Å². The summed E-state index contributed by atoms with van der Waals surface area (Å²) >= 11 is 4.35. The van der Waals surface area contributed by atoms with E-state index >= 15 is 0 Å². The van der Waals surface area contributed by atoms with Crippen LogP contribution in [0.4, 0.5) is 10.2 Å². The number of H-pyrrole nitrogens is 1. The Bertz CT molecular complexity index is 685. The largest absolute Gasteiger partial charge is 0.495 e. The van der Waals surface area contributed by atoms with Crippen molar-refractivity contribution >= 4 is 39.0 Å². The normalized spacial score (nSPS) is 10.3. The van der Waals surface area contributed by atoms with Crippen molar-refractivity contribution in [3.05, 3.63) is 37.2 Å². The third-order valence-corrected chi connectivity index (χ3v) is 3.88. The smallest absolute Gasteiger partial charge is 0.346 e. The maximum absolute atomic E-state index is 13.3. The molecule has 1 amide bonds. The minimum Gasteiger partial charge on any atom is -0.495 e. The van der Waals surface area contributed by atoms with Crippen molar-refractivity contribution in [2.24, 2.45) is 0 Å². The SMILES string of the molecule is COc1cc(C(=O)Nc2[nH]c(=O)ncc2F)sc1Br. The van der Waals surface area contributed by atoms with Crippen LogP contribution in [0.2, 0.25) is 0 Å². The minimum absolute atomic E-state index is 0.306. The molecule has 0 aromatic carbocycles. The third kappa shape index (κ3) is 2.99. The maximum Gasteiger partial charge on any atom is 0.346 e. The van der Waals surface area contributed by atoms with E-state index in [4.69, 9.17) is 4.74 Å². The van der Waals surface area contributed by atoms with Crippen molar-refractivity contribution in [1.82, 2.24) is 9.97 Å². The van der Waals surface area contributed by atoms with Gasteiger partial charge in [-0.15, -0.1) is 11.3 Å². The molecular weight excluding hydrogens is 341 g/mol. The molecule has 2 rings (SSSR count). The van der Waals surface area contributed by atoms with Gasteiger partial charge in [0.15, 0.2) is 11.6 Å². The van der Waals surface area contributed by atoms with Crippen molar-refractivity contribution in [3.8, 4) is 5.75 Å². The van der Waals surface area contributed by atoms with E-state index in [-0.39, 0.29) is 5.82 Å². The van der Waals surface area contributed by atoms with Gasteiger partial charge in [-0.1, -0.05) is 0 Å². The van der Waals surface area contributed by atoms with Crippen LogP contribution in [0.3, 0.4) is 0 Å². The maximum atomic E-state index is 13.3. The number of carbonyl (C=O) groups is 1. The number of methoxy groups -OCH3 is 1. The average Bonchev–Trinajstić information content (AvgIpc) is 2.75. The number of aromatic nitrogens is 2. The molecule has 0 bridgehead atoms. The van der Waals surface area contributed by atoms with E-state index in [2.05, 4.69) is 31.2 Å². The Morgan fingerprint density at radius 1 is 1.63 bits per heavy atom. The first-order valence-corrected chi connectivity index (χ1v) is 6.51. The lowest BCUT2D eigenvalue weighted by Crippen LogP contribution is -2.18. The first kappa shape index (κ1) is 13.7. The second-order valence-electron chi connectivity index (χ2n) is 3.32. The molecule has 0 radical (unpaired) electrons. The number of amides is 1. The van der Waals surface area contributed by atoms with Gasteiger partial charge in [0.05, 0.1) is 18.2 Å². The molecule has 2 aromatic heterocycles. The van der Waals surface area contributed by atoms with Crippen LogP contribution in [0.25, 0.3) is 0 Å². The number of aromatic amines is 1. The first-order valence-electron chi connectivity index (χ1n) is 4.90. The van der Waals surface area contributed by atoms with E-state index in [1.165, 1.54) is 13.2 Å². The predicted octanol–water partition coefficient (Wildman–Crippen LogP) is 1.99. The summed E-state index contributed by atoms with van der Waals surface area (Å²) < 4.78 is 19.0. The summed E-state index contributed by atoms with van der Waals surface area (Å²) in [7, 11) is 1.47. The van der Waals surface area contributed by atoms with Crippen molar-refractivity contribution in [1.29, 1.82) is 0 Å². The number of carbonyl (C=O) groups excluding carboxylic acids is 1. The number of thiophene rings is 1. The number of hydrogen-bond acceptors (Lipinski definition) is 5. The first-order chi connectivity index (χ1) is 9.01. The molecule has 6 nitrogen and oxygen atoms in total. The highest BCUT2D eigenvalue weighted by Crippen LogP contribution is 2.34. The zero-order valence-electron chi connectivity index (χ0n) is 9.49. The van der Waals surface area contributed by atoms with Gasteiger partial charge < -0.3 is 10.1 Å².